The van der Waals surface area contributed by atoms with Crippen LogP contribution < -0.4 is 5.73 Å². The summed E-state index contributed by atoms with van der Waals surface area (Å²) < 4.78 is 0. The van der Waals surface area contributed by atoms with Gasteiger partial charge >= 0.3 is 0 Å². The van der Waals surface area contributed by atoms with E-state index in [0.29, 0.717) is 6.04 Å². The van der Waals surface area contributed by atoms with Crippen LogP contribution in [0, 0.1) is 11.8 Å². The average molecular weight is 196 g/mol. The van der Waals surface area contributed by atoms with Gasteiger partial charge in [0.25, 0.3) is 0 Å². The third kappa shape index (κ3) is 2.96. The van der Waals surface area contributed by atoms with E-state index in [0.717, 1.165) is 11.8 Å². The summed E-state index contributed by atoms with van der Waals surface area (Å²) in [7, 11) is 0. The van der Waals surface area contributed by atoms with E-state index in [1.807, 2.05) is 0 Å². The van der Waals surface area contributed by atoms with Crippen molar-refractivity contribution < 1.29 is 0 Å². The van der Waals surface area contributed by atoms with Gasteiger partial charge in [0, 0.05) is 12.6 Å². The Balaban J connectivity index is 1.69. The molecule has 2 atom stereocenters. The molecule has 0 aromatic heterocycles. The molecule has 1 saturated carbocycles. The highest BCUT2D eigenvalue weighted by Gasteiger charge is 2.25. The van der Waals surface area contributed by atoms with E-state index in [1.54, 1.807) is 0 Å². The van der Waals surface area contributed by atoms with E-state index in [9.17, 15) is 0 Å². The summed E-state index contributed by atoms with van der Waals surface area (Å²) in [6.07, 6.45) is 7.12. The highest BCUT2D eigenvalue weighted by molar-refractivity contribution is 4.80. The molecule has 2 N–H and O–H groups in total. The van der Waals surface area contributed by atoms with Crippen molar-refractivity contribution in [3.63, 3.8) is 0 Å². The predicted molar refractivity (Wildman–Crippen MR) is 60.2 cm³/mol. The molecule has 2 nitrogen and oxygen atoms in total. The molecule has 2 heteroatoms. The zero-order valence-corrected chi connectivity index (χ0v) is 9.41. The molecule has 2 unspecified atom stereocenters. The maximum absolute atomic E-state index is 5.97. The minimum absolute atomic E-state index is 0.388. The second kappa shape index (κ2) is 4.63. The monoisotopic (exact) mass is 196 g/mol. The molecule has 1 aliphatic carbocycles. The van der Waals surface area contributed by atoms with Crippen molar-refractivity contribution in [2.75, 3.05) is 19.6 Å². The molecule has 0 aromatic carbocycles. The summed E-state index contributed by atoms with van der Waals surface area (Å²) in [6, 6.07) is 0.388. The molecule has 0 amide bonds. The average Bonchev–Trinajstić information content (AvgIpc) is 2.99. The molecule has 2 aliphatic rings. The molecule has 2 rings (SSSR count). The summed E-state index contributed by atoms with van der Waals surface area (Å²) in [5.74, 6) is 1.83. The standard InChI is InChI=1S/C12H24N2/c1-10(13)12-3-2-7-14(9-12)8-6-11-4-5-11/h10-12H,2-9,13H2,1H3. The van der Waals surface area contributed by atoms with Crippen molar-refractivity contribution in [2.45, 2.75) is 45.1 Å². The fraction of sp³-hybridized carbons (Fsp3) is 1.00. The molecule has 1 aliphatic heterocycles. The Labute approximate surface area is 87.8 Å². The Hall–Kier alpha value is -0.0800. The first-order valence-corrected chi connectivity index (χ1v) is 6.23. The Morgan fingerprint density at radius 1 is 1.36 bits per heavy atom. The van der Waals surface area contributed by atoms with Crippen molar-refractivity contribution >= 4 is 0 Å². The largest absolute Gasteiger partial charge is 0.328 e. The van der Waals surface area contributed by atoms with Crippen LogP contribution in [0.15, 0.2) is 0 Å². The molecule has 1 saturated heterocycles. The number of hydrogen-bond donors (Lipinski definition) is 1. The fourth-order valence-electron chi connectivity index (χ4n) is 2.50. The van der Waals surface area contributed by atoms with E-state index >= 15 is 0 Å². The van der Waals surface area contributed by atoms with Gasteiger partial charge < -0.3 is 10.6 Å². The molecule has 0 aromatic rings. The van der Waals surface area contributed by atoms with Crippen LogP contribution in [0.3, 0.4) is 0 Å². The van der Waals surface area contributed by atoms with Gasteiger partial charge in [-0.25, -0.2) is 0 Å². The van der Waals surface area contributed by atoms with Gasteiger partial charge in [0.1, 0.15) is 0 Å². The lowest BCUT2D eigenvalue weighted by molar-refractivity contribution is 0.157. The van der Waals surface area contributed by atoms with Crippen LogP contribution in [-0.2, 0) is 0 Å². The maximum Gasteiger partial charge on any atom is 0.00509 e. The lowest BCUT2D eigenvalue weighted by Crippen LogP contribution is -2.42. The SMILES string of the molecule is CC(N)C1CCCN(CCC2CC2)C1. The van der Waals surface area contributed by atoms with Gasteiger partial charge in [-0.2, -0.15) is 0 Å². The Bertz CT molecular complexity index is 175. The van der Waals surface area contributed by atoms with Gasteiger partial charge in [-0.05, 0) is 51.1 Å². The van der Waals surface area contributed by atoms with Crippen LogP contribution in [0.25, 0.3) is 0 Å². The Morgan fingerprint density at radius 2 is 2.14 bits per heavy atom. The van der Waals surface area contributed by atoms with Crippen molar-refractivity contribution in [3.8, 4) is 0 Å². The molecule has 0 bridgehead atoms. The number of nitrogens with two attached hydrogens (primary N) is 1. The summed E-state index contributed by atoms with van der Waals surface area (Å²) in [4.78, 5) is 2.63. The number of nitrogens with zero attached hydrogens (tertiary/aromatic N) is 1. The molecular weight excluding hydrogens is 172 g/mol. The number of rotatable bonds is 4. The highest BCUT2D eigenvalue weighted by Crippen LogP contribution is 2.32. The van der Waals surface area contributed by atoms with Gasteiger partial charge in [-0.1, -0.05) is 12.8 Å². The van der Waals surface area contributed by atoms with Gasteiger partial charge in [0.2, 0.25) is 0 Å². The quantitative estimate of drug-likeness (QED) is 0.743. The number of hydrogen-bond acceptors (Lipinski definition) is 2. The molecule has 0 spiro atoms. The second-order valence-corrected chi connectivity index (χ2v) is 5.29. The van der Waals surface area contributed by atoms with Crippen LogP contribution in [-0.4, -0.2) is 30.6 Å². The maximum atomic E-state index is 5.97. The smallest absolute Gasteiger partial charge is 0.00509 e. The first-order chi connectivity index (χ1) is 6.75. The molecule has 14 heavy (non-hydrogen) atoms. The van der Waals surface area contributed by atoms with Gasteiger partial charge in [0.05, 0.1) is 0 Å². The summed E-state index contributed by atoms with van der Waals surface area (Å²) in [6.45, 7) is 6.06. The van der Waals surface area contributed by atoms with Crippen molar-refractivity contribution in [1.29, 1.82) is 0 Å². The van der Waals surface area contributed by atoms with E-state index in [1.165, 1.54) is 51.7 Å². The molecule has 2 fully saturated rings. The minimum Gasteiger partial charge on any atom is -0.328 e. The lowest BCUT2D eigenvalue weighted by atomic mass is 9.92. The van der Waals surface area contributed by atoms with E-state index in [2.05, 4.69) is 11.8 Å². The van der Waals surface area contributed by atoms with E-state index < -0.39 is 0 Å². The molecule has 82 valence electrons. The van der Waals surface area contributed by atoms with Crippen LogP contribution >= 0.6 is 0 Å². The molecule has 1 heterocycles. The summed E-state index contributed by atoms with van der Waals surface area (Å²) >= 11 is 0. The van der Waals surface area contributed by atoms with Crippen molar-refractivity contribution in [3.05, 3.63) is 0 Å². The van der Waals surface area contributed by atoms with Crippen LogP contribution in [0.2, 0.25) is 0 Å². The first-order valence-electron chi connectivity index (χ1n) is 6.23. The van der Waals surface area contributed by atoms with E-state index in [4.69, 9.17) is 5.73 Å². The Morgan fingerprint density at radius 3 is 2.79 bits per heavy atom. The number of likely N-dealkylation sites (tertiary alicyclic amines) is 1. The summed E-state index contributed by atoms with van der Waals surface area (Å²) in [5.41, 5.74) is 5.97. The zero-order chi connectivity index (χ0) is 9.97. The third-order valence-corrected chi connectivity index (χ3v) is 3.84. The topological polar surface area (TPSA) is 29.3 Å². The predicted octanol–water partition coefficient (Wildman–Crippen LogP) is 1.85. The van der Waals surface area contributed by atoms with Gasteiger partial charge in [-0.15, -0.1) is 0 Å². The first kappa shape index (κ1) is 10.4. The number of piperidine rings is 1. The van der Waals surface area contributed by atoms with Gasteiger partial charge in [0.15, 0.2) is 0 Å². The second-order valence-electron chi connectivity index (χ2n) is 5.29. The van der Waals surface area contributed by atoms with Crippen LogP contribution in [0.4, 0.5) is 0 Å². The van der Waals surface area contributed by atoms with E-state index in [-0.39, 0.29) is 0 Å². The van der Waals surface area contributed by atoms with Gasteiger partial charge in [-0.3, -0.25) is 0 Å². The Kier molecular flexibility index (Phi) is 3.45. The fourth-order valence-corrected chi connectivity index (χ4v) is 2.50. The lowest BCUT2D eigenvalue weighted by Gasteiger charge is -2.34. The highest BCUT2D eigenvalue weighted by atomic mass is 15.1. The third-order valence-electron chi connectivity index (χ3n) is 3.84. The molecule has 0 radical (unpaired) electrons. The van der Waals surface area contributed by atoms with Crippen LogP contribution in [0.1, 0.15) is 39.0 Å². The normalized spacial score (nSPS) is 31.7. The van der Waals surface area contributed by atoms with Crippen LogP contribution in [0.5, 0.6) is 0 Å². The van der Waals surface area contributed by atoms with Crippen molar-refractivity contribution in [1.82, 2.24) is 4.90 Å². The molecular formula is C12H24N2. The summed E-state index contributed by atoms with van der Waals surface area (Å²) in [5, 5.41) is 0. The van der Waals surface area contributed by atoms with Crippen molar-refractivity contribution in [2.24, 2.45) is 17.6 Å². The minimum atomic E-state index is 0.388. The zero-order valence-electron chi connectivity index (χ0n) is 9.41.